The van der Waals surface area contributed by atoms with Crippen molar-refractivity contribution in [2.75, 3.05) is 13.1 Å². The second kappa shape index (κ2) is 5.00. The molecule has 0 atom stereocenters. The third kappa shape index (κ3) is 4.97. The summed E-state index contributed by atoms with van der Waals surface area (Å²) in [5.74, 6) is -0.864. The molecule has 0 spiro atoms. The number of hydrogen-bond donors (Lipinski definition) is 3. The summed E-state index contributed by atoms with van der Waals surface area (Å²) in [6.07, 6.45) is -0.285. The summed E-state index contributed by atoms with van der Waals surface area (Å²) >= 11 is 0. The zero-order valence-electron chi connectivity index (χ0n) is 6.65. The van der Waals surface area contributed by atoms with Crippen molar-refractivity contribution in [3.8, 4) is 0 Å². The average Bonchev–Trinajstić information content (AvgIpc) is 2.00. The fraction of sp³-hybridized carbons (Fsp3) is 0.833. The maximum atomic E-state index is 12.6. The molecule has 1 amide bonds. The summed E-state index contributed by atoms with van der Waals surface area (Å²) in [5.41, 5.74) is 9.87. The van der Waals surface area contributed by atoms with E-state index < -0.39 is 24.9 Å². The molecule has 0 fully saturated rings. The molecule has 0 saturated carbocycles. The van der Waals surface area contributed by atoms with Gasteiger partial charge in [0.15, 0.2) is 0 Å². The first-order chi connectivity index (χ1) is 5.52. The molecule has 0 unspecified atom stereocenters. The van der Waals surface area contributed by atoms with Crippen LogP contribution >= 0.6 is 0 Å². The van der Waals surface area contributed by atoms with Crippen LogP contribution in [0, 0.1) is 0 Å². The maximum Gasteiger partial charge on any atom is 0.325 e. The molecule has 0 aliphatic heterocycles. The average molecular weight is 181 g/mol. The van der Waals surface area contributed by atoms with Gasteiger partial charge in [0.05, 0.1) is 6.54 Å². The van der Waals surface area contributed by atoms with Crippen molar-refractivity contribution < 1.29 is 13.6 Å². The van der Waals surface area contributed by atoms with Crippen LogP contribution in [0.4, 0.5) is 8.78 Å². The first-order valence-electron chi connectivity index (χ1n) is 3.61. The summed E-state index contributed by atoms with van der Waals surface area (Å²) in [5, 5.41) is 1.49. The Morgan fingerprint density at radius 2 is 2.00 bits per heavy atom. The van der Waals surface area contributed by atoms with Crippen LogP contribution in [-0.4, -0.2) is 25.0 Å². The molecular formula is C6H13F2N3O. The summed E-state index contributed by atoms with van der Waals surface area (Å²) in [6, 6.07) is -3.18. The van der Waals surface area contributed by atoms with Crippen molar-refractivity contribution in [1.29, 1.82) is 0 Å². The molecule has 0 radical (unpaired) electrons. The van der Waals surface area contributed by atoms with Crippen LogP contribution in [0.15, 0.2) is 0 Å². The van der Waals surface area contributed by atoms with Gasteiger partial charge in [-0.2, -0.15) is 8.78 Å². The van der Waals surface area contributed by atoms with E-state index in [1.807, 2.05) is 0 Å². The van der Waals surface area contributed by atoms with E-state index in [1.165, 1.54) is 5.32 Å². The Morgan fingerprint density at radius 1 is 1.42 bits per heavy atom. The van der Waals surface area contributed by atoms with Crippen molar-refractivity contribution in [2.45, 2.75) is 18.9 Å². The summed E-state index contributed by atoms with van der Waals surface area (Å²) in [6.45, 7) is -0.258. The van der Waals surface area contributed by atoms with E-state index in [0.29, 0.717) is 0 Å². The third-order valence-electron chi connectivity index (χ3n) is 1.20. The molecule has 72 valence electrons. The summed E-state index contributed by atoms with van der Waals surface area (Å²) < 4.78 is 25.2. The molecule has 0 heterocycles. The van der Waals surface area contributed by atoms with E-state index in [2.05, 4.69) is 0 Å². The van der Waals surface area contributed by atoms with Crippen LogP contribution < -0.4 is 16.8 Å². The standard InChI is InChI=1S/C6H13F2N3O/c7-6(8,2-1-3-9)11-5(12)4-10/h1-4,9-10H2,(H,11,12). The highest BCUT2D eigenvalue weighted by atomic mass is 19.3. The molecule has 0 aromatic carbocycles. The molecule has 0 bridgehead atoms. The highest BCUT2D eigenvalue weighted by molar-refractivity contribution is 5.78. The van der Waals surface area contributed by atoms with Crippen molar-refractivity contribution in [1.82, 2.24) is 5.32 Å². The Bertz CT molecular complexity index is 152. The molecule has 0 rings (SSSR count). The molecule has 6 heteroatoms. The fourth-order valence-electron chi connectivity index (χ4n) is 0.642. The predicted molar refractivity (Wildman–Crippen MR) is 40.4 cm³/mol. The maximum absolute atomic E-state index is 12.6. The molecule has 4 nitrogen and oxygen atoms in total. The number of rotatable bonds is 5. The minimum atomic E-state index is -3.18. The highest BCUT2D eigenvalue weighted by Crippen LogP contribution is 2.15. The quantitative estimate of drug-likeness (QED) is 0.495. The zero-order chi connectivity index (χ0) is 9.61. The van der Waals surface area contributed by atoms with Crippen LogP contribution in [0.5, 0.6) is 0 Å². The lowest BCUT2D eigenvalue weighted by atomic mass is 10.2. The zero-order valence-corrected chi connectivity index (χ0v) is 6.65. The third-order valence-corrected chi connectivity index (χ3v) is 1.20. The van der Waals surface area contributed by atoms with E-state index >= 15 is 0 Å². The Kier molecular flexibility index (Phi) is 4.68. The van der Waals surface area contributed by atoms with E-state index in [9.17, 15) is 13.6 Å². The van der Waals surface area contributed by atoms with Gasteiger partial charge in [-0.05, 0) is 13.0 Å². The smallest absolute Gasteiger partial charge is 0.325 e. The normalized spacial score (nSPS) is 11.3. The largest absolute Gasteiger partial charge is 0.330 e. The number of hydrogen-bond acceptors (Lipinski definition) is 3. The van der Waals surface area contributed by atoms with Gasteiger partial charge in [0.25, 0.3) is 0 Å². The number of nitrogens with one attached hydrogen (secondary N) is 1. The SMILES string of the molecule is NCCCC(F)(F)NC(=O)CN. The van der Waals surface area contributed by atoms with Crippen molar-refractivity contribution in [3.63, 3.8) is 0 Å². The van der Waals surface area contributed by atoms with Crippen LogP contribution in [0.2, 0.25) is 0 Å². The topological polar surface area (TPSA) is 81.1 Å². The van der Waals surface area contributed by atoms with Crippen LogP contribution in [0.3, 0.4) is 0 Å². The molecule has 0 aliphatic rings. The number of carbonyl (C=O) groups is 1. The Morgan fingerprint density at radius 3 is 2.42 bits per heavy atom. The van der Waals surface area contributed by atoms with E-state index in [-0.39, 0.29) is 13.0 Å². The van der Waals surface area contributed by atoms with Crippen LogP contribution in [0.25, 0.3) is 0 Å². The first-order valence-corrected chi connectivity index (χ1v) is 3.61. The number of nitrogens with two attached hydrogens (primary N) is 2. The monoisotopic (exact) mass is 181 g/mol. The van der Waals surface area contributed by atoms with Gasteiger partial charge < -0.3 is 11.5 Å². The fourth-order valence-corrected chi connectivity index (χ4v) is 0.642. The Labute approximate surface area is 69.3 Å². The van der Waals surface area contributed by atoms with Crippen LogP contribution in [-0.2, 0) is 4.79 Å². The minimum Gasteiger partial charge on any atom is -0.330 e. The van der Waals surface area contributed by atoms with E-state index in [0.717, 1.165) is 0 Å². The van der Waals surface area contributed by atoms with Crippen molar-refractivity contribution >= 4 is 5.91 Å². The molecule has 5 N–H and O–H groups in total. The molecule has 0 aromatic rings. The van der Waals surface area contributed by atoms with E-state index in [1.54, 1.807) is 0 Å². The van der Waals surface area contributed by atoms with Gasteiger partial charge in [-0.15, -0.1) is 0 Å². The Balaban J connectivity index is 3.77. The second-order valence-electron chi connectivity index (χ2n) is 2.35. The lowest BCUT2D eigenvalue weighted by molar-refractivity contribution is -0.131. The van der Waals surface area contributed by atoms with Gasteiger partial charge in [-0.3, -0.25) is 10.1 Å². The van der Waals surface area contributed by atoms with Gasteiger partial charge in [-0.1, -0.05) is 0 Å². The molecule has 0 aliphatic carbocycles. The van der Waals surface area contributed by atoms with Gasteiger partial charge in [-0.25, -0.2) is 0 Å². The molecule has 12 heavy (non-hydrogen) atoms. The number of halogens is 2. The van der Waals surface area contributed by atoms with Crippen molar-refractivity contribution in [3.05, 3.63) is 0 Å². The van der Waals surface area contributed by atoms with Gasteiger partial charge in [0.1, 0.15) is 0 Å². The van der Waals surface area contributed by atoms with Gasteiger partial charge in [0.2, 0.25) is 5.91 Å². The summed E-state index contributed by atoms with van der Waals surface area (Å²) in [4.78, 5) is 10.4. The first kappa shape index (κ1) is 11.2. The Hall–Kier alpha value is -0.750. The number of amides is 1. The minimum absolute atomic E-state index is 0.165. The van der Waals surface area contributed by atoms with E-state index in [4.69, 9.17) is 11.5 Å². The number of alkyl halides is 2. The highest BCUT2D eigenvalue weighted by Gasteiger charge is 2.29. The lowest BCUT2D eigenvalue weighted by Crippen LogP contribution is -2.44. The second-order valence-corrected chi connectivity index (χ2v) is 2.35. The number of carbonyl (C=O) groups excluding carboxylic acids is 1. The van der Waals surface area contributed by atoms with Gasteiger partial charge in [0, 0.05) is 6.42 Å². The molecule has 0 saturated heterocycles. The predicted octanol–water partition coefficient (Wildman–Crippen LogP) is -0.607. The molecular weight excluding hydrogens is 168 g/mol. The lowest BCUT2D eigenvalue weighted by Gasteiger charge is -2.16. The van der Waals surface area contributed by atoms with Crippen molar-refractivity contribution in [2.24, 2.45) is 11.5 Å². The summed E-state index contributed by atoms with van der Waals surface area (Å²) in [7, 11) is 0. The van der Waals surface area contributed by atoms with Gasteiger partial charge >= 0.3 is 6.05 Å². The molecule has 0 aromatic heterocycles. The van der Waals surface area contributed by atoms with Crippen LogP contribution in [0.1, 0.15) is 12.8 Å².